The van der Waals surface area contributed by atoms with E-state index in [1.807, 2.05) is 60.7 Å². The molecule has 1 aromatic heterocycles. The second-order valence-corrected chi connectivity index (χ2v) is 9.68. The van der Waals surface area contributed by atoms with Crippen LogP contribution in [0.4, 0.5) is 17.1 Å². The highest BCUT2D eigenvalue weighted by atomic mass is 16.5. The fourth-order valence-corrected chi connectivity index (χ4v) is 5.03. The van der Waals surface area contributed by atoms with Crippen LogP contribution in [0.25, 0.3) is 28.1 Å². The van der Waals surface area contributed by atoms with Crippen LogP contribution in [-0.4, -0.2) is 46.8 Å². The molecule has 0 atom stereocenters. The maximum absolute atomic E-state index is 11.6. The molecule has 3 aromatic rings. The lowest BCUT2D eigenvalue weighted by molar-refractivity contribution is -0.114. The van der Waals surface area contributed by atoms with E-state index in [0.717, 1.165) is 63.4 Å². The van der Waals surface area contributed by atoms with Gasteiger partial charge in [-0.1, -0.05) is 12.1 Å². The van der Waals surface area contributed by atoms with Crippen LogP contribution in [-0.2, 0) is 9.53 Å². The van der Waals surface area contributed by atoms with Gasteiger partial charge in [-0.25, -0.2) is 9.97 Å². The van der Waals surface area contributed by atoms with E-state index in [1.54, 1.807) is 13.3 Å². The van der Waals surface area contributed by atoms with Crippen molar-refractivity contribution in [3.8, 4) is 23.0 Å². The molecule has 202 valence electrons. The minimum Gasteiger partial charge on any atom is -0.480 e. The lowest BCUT2D eigenvalue weighted by atomic mass is 10.1. The molecule has 2 aromatic carbocycles. The highest BCUT2D eigenvalue weighted by Crippen LogP contribution is 2.32. The van der Waals surface area contributed by atoms with Gasteiger partial charge >= 0.3 is 0 Å². The number of carbonyl (C=O) groups is 1. The Morgan fingerprint density at radius 1 is 1.02 bits per heavy atom. The first-order chi connectivity index (χ1) is 19.6. The average Bonchev–Trinajstić information content (AvgIpc) is 2.97. The summed E-state index contributed by atoms with van der Waals surface area (Å²) in [4.78, 5) is 26.1. The molecule has 0 radical (unpaired) electrons. The number of methoxy groups -OCH3 is 1. The number of aromatic nitrogens is 3. The van der Waals surface area contributed by atoms with E-state index in [1.165, 1.54) is 6.92 Å². The molecular formula is C31H30N6O3. The van der Waals surface area contributed by atoms with E-state index in [-0.39, 0.29) is 11.9 Å². The Hall–Kier alpha value is -4.76. The van der Waals surface area contributed by atoms with E-state index in [2.05, 4.69) is 32.3 Å². The molecule has 1 fully saturated rings. The maximum atomic E-state index is 11.6. The van der Waals surface area contributed by atoms with Crippen LogP contribution in [0.5, 0.6) is 5.88 Å². The molecule has 0 unspecified atom stereocenters. The molecule has 1 aliphatic carbocycles. The van der Waals surface area contributed by atoms with Gasteiger partial charge in [-0.15, -0.1) is 0 Å². The van der Waals surface area contributed by atoms with Crippen molar-refractivity contribution >= 4 is 34.0 Å². The Morgan fingerprint density at radius 3 is 2.60 bits per heavy atom. The Kier molecular flexibility index (Phi) is 7.11. The van der Waals surface area contributed by atoms with Crippen molar-refractivity contribution in [2.45, 2.75) is 25.8 Å². The number of rotatable bonds is 6. The summed E-state index contributed by atoms with van der Waals surface area (Å²) in [5, 5.41) is 7.17. The normalized spacial score (nSPS) is 14.4. The predicted octanol–water partition coefficient (Wildman–Crippen LogP) is 5.32. The van der Waals surface area contributed by atoms with Gasteiger partial charge in [0.25, 0.3) is 0 Å². The quantitative estimate of drug-likeness (QED) is 0.286. The van der Waals surface area contributed by atoms with Gasteiger partial charge in [0.2, 0.25) is 11.8 Å². The van der Waals surface area contributed by atoms with Crippen LogP contribution in [0.3, 0.4) is 0 Å². The van der Waals surface area contributed by atoms with Crippen molar-refractivity contribution in [3.63, 3.8) is 0 Å². The fraction of sp³-hybridized carbons (Fsp3) is 0.226. The molecule has 9 nitrogen and oxygen atoms in total. The number of hydrogen-bond acceptors (Lipinski definition) is 7. The number of hydrogen-bond donors (Lipinski definition) is 2. The molecule has 0 spiro atoms. The number of pyridine rings is 1. The Bertz CT molecular complexity index is 1710. The van der Waals surface area contributed by atoms with Crippen LogP contribution >= 0.6 is 0 Å². The zero-order valence-electron chi connectivity index (χ0n) is 22.4. The van der Waals surface area contributed by atoms with E-state index in [0.29, 0.717) is 19.1 Å². The molecule has 0 bridgehead atoms. The SMILES string of the molecule is COc1ncccc1Nc1cc2nc3ccccc3n(-c3ccc(NC(C)=O)cc3)c-2c/c1=N\C1CCOCC1. The second kappa shape index (κ2) is 11.2. The Balaban J connectivity index is 1.58. The molecule has 6 rings (SSSR count). The topological polar surface area (TPSA) is 103 Å². The van der Waals surface area contributed by atoms with Crippen molar-refractivity contribution in [2.24, 2.45) is 4.99 Å². The molecule has 3 heterocycles. The van der Waals surface area contributed by atoms with Gasteiger partial charge in [0.05, 0.1) is 46.6 Å². The van der Waals surface area contributed by atoms with Gasteiger partial charge in [0.1, 0.15) is 5.69 Å². The number of benzene rings is 3. The highest BCUT2D eigenvalue weighted by molar-refractivity contribution is 5.89. The minimum absolute atomic E-state index is 0.107. The Morgan fingerprint density at radius 2 is 1.82 bits per heavy atom. The molecule has 9 heteroatoms. The van der Waals surface area contributed by atoms with Crippen LogP contribution in [0.2, 0.25) is 0 Å². The first kappa shape index (κ1) is 25.5. The number of fused-ring (bicyclic) bond motifs is 2. The van der Waals surface area contributed by atoms with E-state index < -0.39 is 0 Å². The summed E-state index contributed by atoms with van der Waals surface area (Å²) >= 11 is 0. The van der Waals surface area contributed by atoms with Gasteiger partial charge in [-0.3, -0.25) is 9.79 Å². The van der Waals surface area contributed by atoms with Crippen LogP contribution in [0, 0.1) is 0 Å². The van der Waals surface area contributed by atoms with Crippen molar-refractivity contribution in [1.29, 1.82) is 0 Å². The van der Waals surface area contributed by atoms with Crippen LogP contribution in [0.15, 0.2) is 84.0 Å². The summed E-state index contributed by atoms with van der Waals surface area (Å²) in [6, 6.07) is 24.0. The van der Waals surface area contributed by atoms with Gasteiger partial charge in [-0.2, -0.15) is 0 Å². The number of carbonyl (C=O) groups excluding carboxylic acids is 1. The van der Waals surface area contributed by atoms with Crippen molar-refractivity contribution in [3.05, 3.63) is 84.4 Å². The number of para-hydroxylation sites is 2. The minimum atomic E-state index is -0.107. The summed E-state index contributed by atoms with van der Waals surface area (Å²) in [6.07, 6.45) is 3.44. The first-order valence-corrected chi connectivity index (χ1v) is 13.3. The fourth-order valence-electron chi connectivity index (χ4n) is 5.03. The van der Waals surface area contributed by atoms with Gasteiger partial charge in [0, 0.05) is 37.7 Å². The largest absolute Gasteiger partial charge is 0.480 e. The predicted molar refractivity (Wildman–Crippen MR) is 155 cm³/mol. The third-order valence-electron chi connectivity index (χ3n) is 6.89. The van der Waals surface area contributed by atoms with Gasteiger partial charge in [-0.05, 0) is 73.5 Å². The van der Waals surface area contributed by atoms with E-state index in [4.69, 9.17) is 19.5 Å². The molecular weight excluding hydrogens is 504 g/mol. The number of nitrogens with one attached hydrogen (secondary N) is 2. The third-order valence-corrected chi connectivity index (χ3v) is 6.89. The van der Waals surface area contributed by atoms with Crippen LogP contribution in [0.1, 0.15) is 19.8 Å². The Labute approximate surface area is 231 Å². The molecule has 1 amide bonds. The van der Waals surface area contributed by atoms with E-state index >= 15 is 0 Å². The van der Waals surface area contributed by atoms with Gasteiger partial charge < -0.3 is 24.7 Å². The monoisotopic (exact) mass is 534 g/mol. The summed E-state index contributed by atoms with van der Waals surface area (Å²) in [7, 11) is 1.61. The molecule has 1 saturated heterocycles. The molecule has 40 heavy (non-hydrogen) atoms. The number of anilines is 3. The second-order valence-electron chi connectivity index (χ2n) is 9.68. The van der Waals surface area contributed by atoms with Gasteiger partial charge in [0.15, 0.2) is 0 Å². The maximum Gasteiger partial charge on any atom is 0.237 e. The standard InChI is InChI=1S/C31H30N6O3/c1-20(38)33-21-9-11-23(12-10-21)37-29-8-4-3-6-24(29)35-28-18-26(36-25-7-5-15-32-31(25)39-2)27(19-30(28)37)34-22-13-16-40-17-14-22/h3-12,15,18-19,22,36H,13-14,16-17H2,1-2H3,(H,33,38)/b34-27+. The number of amides is 1. The average molecular weight is 535 g/mol. The number of ether oxygens (including phenoxy) is 2. The number of nitrogens with zero attached hydrogens (tertiary/aromatic N) is 4. The van der Waals surface area contributed by atoms with E-state index in [9.17, 15) is 4.79 Å². The summed E-state index contributed by atoms with van der Waals surface area (Å²) in [5.41, 5.74) is 6.81. The lowest BCUT2D eigenvalue weighted by Crippen LogP contribution is -2.23. The molecule has 2 N–H and O–H groups in total. The highest BCUT2D eigenvalue weighted by Gasteiger charge is 2.19. The van der Waals surface area contributed by atoms with Crippen molar-refractivity contribution in [2.75, 3.05) is 31.0 Å². The summed E-state index contributed by atoms with van der Waals surface area (Å²) in [5.74, 6) is 0.394. The third kappa shape index (κ3) is 5.23. The summed E-state index contributed by atoms with van der Waals surface area (Å²) < 4.78 is 13.3. The molecule has 2 aliphatic heterocycles. The molecule has 3 aliphatic rings. The first-order valence-electron chi connectivity index (χ1n) is 13.3. The van der Waals surface area contributed by atoms with Crippen molar-refractivity contribution in [1.82, 2.24) is 14.5 Å². The van der Waals surface area contributed by atoms with Crippen LogP contribution < -0.4 is 20.7 Å². The van der Waals surface area contributed by atoms with Crippen molar-refractivity contribution < 1.29 is 14.3 Å². The lowest BCUT2D eigenvalue weighted by Gasteiger charge is -2.22. The smallest absolute Gasteiger partial charge is 0.237 e. The zero-order chi connectivity index (χ0) is 27.5. The zero-order valence-corrected chi connectivity index (χ0v) is 22.4. The molecule has 0 saturated carbocycles. The summed E-state index contributed by atoms with van der Waals surface area (Å²) in [6.45, 7) is 2.91.